The number of benzene rings is 1. The number of hydrogen-bond acceptors (Lipinski definition) is 1. The van der Waals surface area contributed by atoms with Crippen LogP contribution in [-0.4, -0.2) is 6.29 Å². The van der Waals surface area contributed by atoms with Crippen molar-refractivity contribution < 1.29 is 4.79 Å². The zero-order valence-electron chi connectivity index (χ0n) is 8.92. The van der Waals surface area contributed by atoms with Crippen molar-refractivity contribution in [2.24, 2.45) is 0 Å². The average molecular weight is 198 g/mol. The predicted molar refractivity (Wildman–Crippen MR) is 62.6 cm³/mol. The van der Waals surface area contributed by atoms with Crippen LogP contribution in [0.5, 0.6) is 0 Å². The summed E-state index contributed by atoms with van der Waals surface area (Å²) in [4.78, 5) is 10.7. The summed E-state index contributed by atoms with van der Waals surface area (Å²) in [5, 5.41) is 0. The van der Waals surface area contributed by atoms with Gasteiger partial charge in [0.25, 0.3) is 0 Å². The van der Waals surface area contributed by atoms with Gasteiger partial charge in [0.1, 0.15) is 6.29 Å². The highest BCUT2D eigenvalue weighted by atomic mass is 16.1. The van der Waals surface area contributed by atoms with Gasteiger partial charge in [0.05, 0.1) is 0 Å². The molecule has 0 aliphatic heterocycles. The molecule has 0 saturated carbocycles. The van der Waals surface area contributed by atoms with E-state index in [1.807, 2.05) is 6.07 Å². The monoisotopic (exact) mass is 198 g/mol. The van der Waals surface area contributed by atoms with Crippen molar-refractivity contribution in [2.45, 2.75) is 19.8 Å². The molecule has 76 valence electrons. The lowest BCUT2D eigenvalue weighted by Crippen LogP contribution is -2.05. The standard InChI is InChI=1S/C14H14O/c1-10(9-15)13-8-7-12-5-3-4-6-14(12)11(13)2/h3-6,9H,1,7-8H2,2H3. The Morgan fingerprint density at radius 1 is 1.33 bits per heavy atom. The van der Waals surface area contributed by atoms with E-state index in [4.69, 9.17) is 0 Å². The molecule has 15 heavy (non-hydrogen) atoms. The number of aryl methyl sites for hydroxylation is 1. The fraction of sp³-hybridized carbons (Fsp3) is 0.214. The van der Waals surface area contributed by atoms with Crippen LogP contribution in [0.25, 0.3) is 5.57 Å². The van der Waals surface area contributed by atoms with E-state index in [0.717, 1.165) is 24.7 Å². The fourth-order valence-corrected chi connectivity index (χ4v) is 2.19. The highest BCUT2D eigenvalue weighted by Gasteiger charge is 2.16. The topological polar surface area (TPSA) is 17.1 Å². The minimum absolute atomic E-state index is 0.627. The summed E-state index contributed by atoms with van der Waals surface area (Å²) in [5.74, 6) is 0. The van der Waals surface area contributed by atoms with Gasteiger partial charge in [0, 0.05) is 5.57 Å². The molecule has 1 nitrogen and oxygen atoms in total. The molecule has 1 heteroatoms. The van der Waals surface area contributed by atoms with E-state index in [0.29, 0.717) is 5.57 Å². The number of hydrogen-bond donors (Lipinski definition) is 0. The first kappa shape index (κ1) is 9.91. The first-order chi connectivity index (χ1) is 7.24. The van der Waals surface area contributed by atoms with E-state index in [9.17, 15) is 4.79 Å². The van der Waals surface area contributed by atoms with E-state index >= 15 is 0 Å². The quantitative estimate of drug-likeness (QED) is 0.527. The van der Waals surface area contributed by atoms with Gasteiger partial charge in [-0.25, -0.2) is 0 Å². The van der Waals surface area contributed by atoms with Crippen molar-refractivity contribution in [3.8, 4) is 0 Å². The maximum atomic E-state index is 10.7. The van der Waals surface area contributed by atoms with E-state index in [2.05, 4.69) is 31.7 Å². The molecule has 1 aromatic carbocycles. The number of allylic oxidation sites excluding steroid dienone is 3. The molecule has 0 aromatic heterocycles. The number of carbonyl (C=O) groups is 1. The minimum Gasteiger partial charge on any atom is -0.298 e. The summed E-state index contributed by atoms with van der Waals surface area (Å²) in [6.45, 7) is 5.87. The van der Waals surface area contributed by atoms with Crippen molar-refractivity contribution in [1.29, 1.82) is 0 Å². The number of fused-ring (bicyclic) bond motifs is 1. The second kappa shape index (κ2) is 3.85. The van der Waals surface area contributed by atoms with Crippen LogP contribution in [0.2, 0.25) is 0 Å². The predicted octanol–water partition coefficient (Wildman–Crippen LogP) is 3.16. The zero-order valence-corrected chi connectivity index (χ0v) is 8.92. The van der Waals surface area contributed by atoms with Gasteiger partial charge < -0.3 is 0 Å². The van der Waals surface area contributed by atoms with E-state index in [-0.39, 0.29) is 0 Å². The van der Waals surface area contributed by atoms with Crippen molar-refractivity contribution in [3.63, 3.8) is 0 Å². The molecule has 1 aromatic rings. The molecule has 0 radical (unpaired) electrons. The van der Waals surface area contributed by atoms with Crippen LogP contribution in [0, 0.1) is 0 Å². The highest BCUT2D eigenvalue weighted by molar-refractivity contribution is 5.87. The lowest BCUT2D eigenvalue weighted by atomic mass is 9.84. The molecule has 0 amide bonds. The van der Waals surface area contributed by atoms with Crippen LogP contribution in [0.3, 0.4) is 0 Å². The maximum absolute atomic E-state index is 10.7. The molecule has 0 saturated heterocycles. The largest absolute Gasteiger partial charge is 0.298 e. The molecule has 0 bridgehead atoms. The van der Waals surface area contributed by atoms with Crippen molar-refractivity contribution >= 4 is 11.9 Å². The number of carbonyl (C=O) groups excluding carboxylic acids is 1. The van der Waals surface area contributed by atoms with Crippen LogP contribution >= 0.6 is 0 Å². The Kier molecular flexibility index (Phi) is 2.55. The molecule has 0 fully saturated rings. The van der Waals surface area contributed by atoms with Gasteiger partial charge in [0.2, 0.25) is 0 Å². The molecule has 0 heterocycles. The molecule has 0 N–H and O–H groups in total. The van der Waals surface area contributed by atoms with E-state index in [1.165, 1.54) is 16.7 Å². The van der Waals surface area contributed by atoms with Gasteiger partial charge in [-0.05, 0) is 42.0 Å². The third kappa shape index (κ3) is 1.65. The lowest BCUT2D eigenvalue weighted by Gasteiger charge is -2.20. The van der Waals surface area contributed by atoms with E-state index in [1.54, 1.807) is 0 Å². The van der Waals surface area contributed by atoms with Crippen LogP contribution in [0.1, 0.15) is 24.5 Å². The Morgan fingerprint density at radius 2 is 2.07 bits per heavy atom. The normalized spacial score (nSPS) is 14.7. The van der Waals surface area contributed by atoms with Crippen molar-refractivity contribution in [1.82, 2.24) is 0 Å². The van der Waals surface area contributed by atoms with E-state index < -0.39 is 0 Å². The summed E-state index contributed by atoms with van der Waals surface area (Å²) in [6.07, 6.45) is 2.79. The first-order valence-corrected chi connectivity index (χ1v) is 5.16. The smallest absolute Gasteiger partial charge is 0.149 e. The molecular weight excluding hydrogens is 184 g/mol. The second-order valence-corrected chi connectivity index (χ2v) is 3.90. The SMILES string of the molecule is C=C(C=O)C1=C(C)c2ccccc2CC1. The molecular formula is C14H14O. The summed E-state index contributed by atoms with van der Waals surface area (Å²) in [6, 6.07) is 8.36. The van der Waals surface area contributed by atoms with Gasteiger partial charge in [0.15, 0.2) is 0 Å². The Morgan fingerprint density at radius 3 is 2.80 bits per heavy atom. The Hall–Kier alpha value is -1.63. The maximum Gasteiger partial charge on any atom is 0.149 e. The summed E-state index contributed by atoms with van der Waals surface area (Å²) in [5.41, 5.74) is 5.58. The van der Waals surface area contributed by atoms with Crippen LogP contribution in [-0.2, 0) is 11.2 Å². The van der Waals surface area contributed by atoms with Crippen LogP contribution in [0.15, 0.2) is 42.0 Å². The summed E-state index contributed by atoms with van der Waals surface area (Å²) in [7, 11) is 0. The van der Waals surface area contributed by atoms with Crippen LogP contribution in [0.4, 0.5) is 0 Å². The average Bonchev–Trinajstić information content (AvgIpc) is 2.29. The molecule has 1 aliphatic carbocycles. The Balaban J connectivity index is 2.53. The third-order valence-electron chi connectivity index (χ3n) is 3.05. The van der Waals surface area contributed by atoms with Crippen molar-refractivity contribution in [2.75, 3.05) is 0 Å². The summed E-state index contributed by atoms with van der Waals surface area (Å²) < 4.78 is 0. The highest BCUT2D eigenvalue weighted by Crippen LogP contribution is 2.33. The van der Waals surface area contributed by atoms with Gasteiger partial charge in [-0.3, -0.25) is 4.79 Å². The zero-order chi connectivity index (χ0) is 10.8. The van der Waals surface area contributed by atoms with Gasteiger partial charge in [-0.1, -0.05) is 30.8 Å². The fourth-order valence-electron chi connectivity index (χ4n) is 2.19. The molecule has 0 unspecified atom stereocenters. The van der Waals surface area contributed by atoms with Crippen molar-refractivity contribution in [3.05, 3.63) is 53.1 Å². The second-order valence-electron chi connectivity index (χ2n) is 3.90. The molecule has 1 aliphatic rings. The Labute approximate surface area is 90.1 Å². The Bertz CT molecular complexity index is 452. The molecule has 0 atom stereocenters. The van der Waals surface area contributed by atoms with Crippen LogP contribution < -0.4 is 0 Å². The number of aldehydes is 1. The van der Waals surface area contributed by atoms with Gasteiger partial charge >= 0.3 is 0 Å². The molecule has 0 spiro atoms. The van der Waals surface area contributed by atoms with Gasteiger partial charge in [-0.15, -0.1) is 0 Å². The minimum atomic E-state index is 0.627. The van der Waals surface area contributed by atoms with Gasteiger partial charge in [-0.2, -0.15) is 0 Å². The molecule has 2 rings (SSSR count). The first-order valence-electron chi connectivity index (χ1n) is 5.16. The lowest BCUT2D eigenvalue weighted by molar-refractivity contribution is -0.104. The summed E-state index contributed by atoms with van der Waals surface area (Å²) >= 11 is 0. The third-order valence-corrected chi connectivity index (χ3v) is 3.05. The number of rotatable bonds is 2.